The van der Waals surface area contributed by atoms with Gasteiger partial charge in [0.2, 0.25) is 5.91 Å². The van der Waals surface area contributed by atoms with E-state index in [9.17, 15) is 4.79 Å². The van der Waals surface area contributed by atoms with Crippen molar-refractivity contribution < 1.29 is 4.79 Å². The largest absolute Gasteiger partial charge is 0.350 e. The number of piperidine rings is 1. The first-order valence-electron chi connectivity index (χ1n) is 7.69. The lowest BCUT2D eigenvalue weighted by Crippen LogP contribution is -2.54. The van der Waals surface area contributed by atoms with Gasteiger partial charge in [-0.1, -0.05) is 6.42 Å². The average Bonchev–Trinajstić information content (AvgIpc) is 2.70. The highest BCUT2D eigenvalue weighted by molar-refractivity contribution is 5.81. The fourth-order valence-corrected chi connectivity index (χ4v) is 3.32. The molecule has 2 heterocycles. The van der Waals surface area contributed by atoms with Crippen molar-refractivity contribution in [2.45, 2.75) is 77.0 Å². The first-order valence-corrected chi connectivity index (χ1v) is 7.69. The van der Waals surface area contributed by atoms with E-state index in [4.69, 9.17) is 0 Å². The van der Waals surface area contributed by atoms with Gasteiger partial charge < -0.3 is 10.6 Å². The molecule has 2 N–H and O–H groups in total. The molecule has 2 rings (SSSR count). The van der Waals surface area contributed by atoms with Crippen LogP contribution in [0.5, 0.6) is 0 Å². The Kier molecular flexibility index (Phi) is 4.51. The number of hydrogen-bond acceptors (Lipinski definition) is 3. The maximum absolute atomic E-state index is 12.1. The Morgan fingerprint density at radius 3 is 2.63 bits per heavy atom. The summed E-state index contributed by atoms with van der Waals surface area (Å²) in [5.74, 6) is 0.113. The van der Waals surface area contributed by atoms with Crippen LogP contribution in [0.15, 0.2) is 0 Å². The van der Waals surface area contributed by atoms with Crippen molar-refractivity contribution in [1.82, 2.24) is 15.5 Å². The molecule has 0 aromatic heterocycles. The average molecular weight is 267 g/mol. The fraction of sp³-hybridized carbons (Fsp3) is 0.933. The molecule has 1 amide bonds. The summed E-state index contributed by atoms with van der Waals surface area (Å²) in [6.45, 7) is 10.5. The molecule has 0 aliphatic carbocycles. The second kappa shape index (κ2) is 5.80. The molecule has 3 atom stereocenters. The Morgan fingerprint density at radius 2 is 1.95 bits per heavy atom. The third-order valence-corrected chi connectivity index (χ3v) is 4.21. The Hall–Kier alpha value is -0.610. The van der Waals surface area contributed by atoms with Crippen molar-refractivity contribution in [3.63, 3.8) is 0 Å². The van der Waals surface area contributed by atoms with Gasteiger partial charge in [0.1, 0.15) is 0 Å². The summed E-state index contributed by atoms with van der Waals surface area (Å²) < 4.78 is 0. The van der Waals surface area contributed by atoms with Gasteiger partial charge in [-0.05, 0) is 53.5 Å². The van der Waals surface area contributed by atoms with E-state index >= 15 is 0 Å². The van der Waals surface area contributed by atoms with Gasteiger partial charge >= 0.3 is 0 Å². The van der Waals surface area contributed by atoms with Gasteiger partial charge in [0, 0.05) is 24.2 Å². The Bertz CT molecular complexity index is 324. The molecule has 0 bridgehead atoms. The predicted octanol–water partition coefficient (Wildman–Crippen LogP) is 1.51. The van der Waals surface area contributed by atoms with Gasteiger partial charge in [-0.25, -0.2) is 0 Å². The minimum Gasteiger partial charge on any atom is -0.350 e. The number of fused-ring (bicyclic) bond motifs is 1. The van der Waals surface area contributed by atoms with Gasteiger partial charge in [-0.15, -0.1) is 0 Å². The SMILES string of the molecule is CC(NC1CCN2CCCCC12)C(=O)NC(C)(C)C. The van der Waals surface area contributed by atoms with Crippen molar-refractivity contribution in [1.29, 1.82) is 0 Å². The van der Waals surface area contributed by atoms with Crippen LogP contribution in [-0.4, -0.2) is 47.6 Å². The van der Waals surface area contributed by atoms with E-state index in [1.807, 2.05) is 27.7 Å². The maximum Gasteiger partial charge on any atom is 0.237 e. The molecule has 110 valence electrons. The minimum atomic E-state index is -0.153. The summed E-state index contributed by atoms with van der Waals surface area (Å²) in [5.41, 5.74) is -0.153. The fourth-order valence-electron chi connectivity index (χ4n) is 3.32. The number of carbonyl (C=O) groups excluding carboxylic acids is 1. The van der Waals surface area contributed by atoms with E-state index in [0.29, 0.717) is 12.1 Å². The smallest absolute Gasteiger partial charge is 0.237 e. The topological polar surface area (TPSA) is 44.4 Å². The molecule has 0 saturated carbocycles. The molecular formula is C15H29N3O. The van der Waals surface area contributed by atoms with Gasteiger partial charge in [0.05, 0.1) is 6.04 Å². The molecule has 3 unspecified atom stereocenters. The van der Waals surface area contributed by atoms with E-state index in [0.717, 1.165) is 0 Å². The van der Waals surface area contributed by atoms with Crippen LogP contribution in [0.25, 0.3) is 0 Å². The number of carbonyl (C=O) groups is 1. The lowest BCUT2D eigenvalue weighted by Gasteiger charge is -2.34. The van der Waals surface area contributed by atoms with E-state index < -0.39 is 0 Å². The highest BCUT2D eigenvalue weighted by Crippen LogP contribution is 2.27. The quantitative estimate of drug-likeness (QED) is 0.814. The molecule has 0 aromatic rings. The third-order valence-electron chi connectivity index (χ3n) is 4.21. The van der Waals surface area contributed by atoms with Gasteiger partial charge in [-0.3, -0.25) is 9.69 Å². The van der Waals surface area contributed by atoms with Crippen molar-refractivity contribution in [2.24, 2.45) is 0 Å². The van der Waals surface area contributed by atoms with Crippen molar-refractivity contribution >= 4 is 5.91 Å². The summed E-state index contributed by atoms with van der Waals surface area (Å²) in [6.07, 6.45) is 5.13. The van der Waals surface area contributed by atoms with E-state index in [2.05, 4.69) is 15.5 Å². The molecule has 0 spiro atoms. The Labute approximate surface area is 117 Å². The minimum absolute atomic E-state index is 0.105. The second-order valence-corrected chi connectivity index (χ2v) is 7.12. The molecule has 2 saturated heterocycles. The van der Waals surface area contributed by atoms with Crippen LogP contribution < -0.4 is 10.6 Å². The lowest BCUT2D eigenvalue weighted by atomic mass is 9.98. The van der Waals surface area contributed by atoms with Crippen molar-refractivity contribution in [3.8, 4) is 0 Å². The summed E-state index contributed by atoms with van der Waals surface area (Å²) >= 11 is 0. The third kappa shape index (κ3) is 3.93. The first-order chi connectivity index (χ1) is 8.87. The molecular weight excluding hydrogens is 238 g/mol. The molecule has 4 nitrogen and oxygen atoms in total. The summed E-state index contributed by atoms with van der Waals surface area (Å²) in [6, 6.07) is 1.03. The molecule has 2 aliphatic heterocycles. The Balaban J connectivity index is 1.85. The van der Waals surface area contributed by atoms with Gasteiger partial charge in [-0.2, -0.15) is 0 Å². The highest BCUT2D eigenvalue weighted by Gasteiger charge is 2.36. The lowest BCUT2D eigenvalue weighted by molar-refractivity contribution is -0.124. The maximum atomic E-state index is 12.1. The van der Waals surface area contributed by atoms with Crippen LogP contribution >= 0.6 is 0 Å². The molecule has 19 heavy (non-hydrogen) atoms. The van der Waals surface area contributed by atoms with Gasteiger partial charge in [0.15, 0.2) is 0 Å². The molecule has 0 aromatic carbocycles. The van der Waals surface area contributed by atoms with Gasteiger partial charge in [0.25, 0.3) is 0 Å². The number of rotatable bonds is 3. The highest BCUT2D eigenvalue weighted by atomic mass is 16.2. The number of nitrogens with one attached hydrogen (secondary N) is 2. The zero-order valence-corrected chi connectivity index (χ0v) is 12.8. The van der Waals surface area contributed by atoms with Crippen molar-refractivity contribution in [2.75, 3.05) is 13.1 Å². The van der Waals surface area contributed by atoms with Crippen LogP contribution in [0, 0.1) is 0 Å². The van der Waals surface area contributed by atoms with E-state index in [1.54, 1.807) is 0 Å². The Morgan fingerprint density at radius 1 is 1.21 bits per heavy atom. The second-order valence-electron chi connectivity index (χ2n) is 7.12. The molecule has 2 aliphatic rings. The van der Waals surface area contributed by atoms with Crippen LogP contribution in [0.4, 0.5) is 0 Å². The number of hydrogen-bond donors (Lipinski definition) is 2. The van der Waals surface area contributed by atoms with Crippen molar-refractivity contribution in [3.05, 3.63) is 0 Å². The van der Waals surface area contributed by atoms with Crippen LogP contribution in [0.1, 0.15) is 53.4 Å². The monoisotopic (exact) mass is 267 g/mol. The predicted molar refractivity (Wildman–Crippen MR) is 78.1 cm³/mol. The summed E-state index contributed by atoms with van der Waals surface area (Å²) in [7, 11) is 0. The molecule has 2 fully saturated rings. The van der Waals surface area contributed by atoms with Crippen LogP contribution in [-0.2, 0) is 4.79 Å². The number of amides is 1. The van der Waals surface area contributed by atoms with Crippen LogP contribution in [0.3, 0.4) is 0 Å². The van der Waals surface area contributed by atoms with E-state index in [1.165, 1.54) is 38.8 Å². The van der Waals surface area contributed by atoms with E-state index in [-0.39, 0.29) is 17.5 Å². The summed E-state index contributed by atoms with van der Waals surface area (Å²) in [4.78, 5) is 14.7. The summed E-state index contributed by atoms with van der Waals surface area (Å²) in [5, 5.41) is 6.60. The normalized spacial score (nSPS) is 29.9. The molecule has 4 heteroatoms. The molecule has 0 radical (unpaired) electrons. The standard InChI is InChI=1S/C15H29N3O/c1-11(14(19)17-15(2,3)4)16-12-8-10-18-9-6-5-7-13(12)18/h11-13,16H,5-10H2,1-4H3,(H,17,19). The van der Waals surface area contributed by atoms with Crippen LogP contribution in [0.2, 0.25) is 0 Å². The first kappa shape index (κ1) is 14.8. The zero-order valence-electron chi connectivity index (χ0n) is 12.8. The zero-order chi connectivity index (χ0) is 14.0. The number of nitrogens with zero attached hydrogens (tertiary/aromatic N) is 1.